The summed E-state index contributed by atoms with van der Waals surface area (Å²) in [5, 5.41) is 15.8. The van der Waals surface area contributed by atoms with Gasteiger partial charge in [0.1, 0.15) is 5.75 Å². The SMILES string of the molecule is CC12C=CC=CC1CC1C=CC=CN=C1CN(Cc1cc(C/C=C3/CC(=O)c4ccccc4C3=O)cc(CN(CC3=CC=CCN3)Cc3ccccn3)c1O)C2. The molecule has 3 atom stereocenters. The normalized spacial score (nSPS) is 23.8. The molecular formula is C48H49N5O3. The lowest BCUT2D eigenvalue weighted by Gasteiger charge is -2.43. The fourth-order valence-corrected chi connectivity index (χ4v) is 8.72. The van der Waals surface area contributed by atoms with Crippen molar-refractivity contribution in [2.75, 3.05) is 26.2 Å². The van der Waals surface area contributed by atoms with Crippen molar-refractivity contribution < 1.29 is 14.7 Å². The molecule has 3 aliphatic heterocycles. The van der Waals surface area contributed by atoms with E-state index in [1.165, 1.54) is 0 Å². The predicted molar refractivity (Wildman–Crippen MR) is 222 cm³/mol. The van der Waals surface area contributed by atoms with Gasteiger partial charge in [-0.15, -0.1) is 0 Å². The number of ketones is 2. The second kappa shape index (κ2) is 16.6. The Bertz CT molecular complexity index is 2240. The lowest BCUT2D eigenvalue weighted by atomic mass is 9.68. The van der Waals surface area contributed by atoms with E-state index in [2.05, 4.69) is 93.8 Å². The van der Waals surface area contributed by atoms with Crippen LogP contribution in [0, 0.1) is 17.3 Å². The molecule has 0 amide bonds. The Labute approximate surface area is 329 Å². The number of phenols is 1. The van der Waals surface area contributed by atoms with E-state index in [0.717, 1.165) is 53.3 Å². The van der Waals surface area contributed by atoms with Crippen molar-refractivity contribution in [1.82, 2.24) is 20.1 Å². The summed E-state index contributed by atoms with van der Waals surface area (Å²) in [6.07, 6.45) is 28.8. The fraction of sp³-hybridized carbons (Fsp3) is 0.292. The number of likely N-dealkylation sites (tertiary alicyclic amines) is 1. The third-order valence-electron chi connectivity index (χ3n) is 11.6. The van der Waals surface area contributed by atoms with E-state index < -0.39 is 0 Å². The number of phenolic OH excluding ortho intramolecular Hbond substituents is 1. The second-order valence-corrected chi connectivity index (χ2v) is 15.8. The van der Waals surface area contributed by atoms with E-state index >= 15 is 0 Å². The number of allylic oxidation sites excluding steroid dienone is 10. The smallest absolute Gasteiger partial charge is 0.189 e. The lowest BCUT2D eigenvalue weighted by molar-refractivity contribution is 0.0935. The summed E-state index contributed by atoms with van der Waals surface area (Å²) in [5.41, 5.74) is 7.17. The van der Waals surface area contributed by atoms with Crippen LogP contribution in [-0.2, 0) is 26.1 Å². The van der Waals surface area contributed by atoms with Gasteiger partial charge in [0.15, 0.2) is 11.6 Å². The molecule has 0 saturated carbocycles. The first-order valence-corrected chi connectivity index (χ1v) is 19.7. The number of aromatic nitrogens is 1. The number of benzene rings is 2. The number of dihydropyridines is 1. The molecule has 0 bridgehead atoms. The number of aromatic hydroxyl groups is 1. The Morgan fingerprint density at radius 1 is 0.964 bits per heavy atom. The molecule has 0 spiro atoms. The Hall–Kier alpha value is -5.70. The van der Waals surface area contributed by atoms with Crippen molar-refractivity contribution in [3.05, 3.63) is 179 Å². The monoisotopic (exact) mass is 743 g/mol. The molecule has 1 aromatic heterocycles. The lowest BCUT2D eigenvalue weighted by Crippen LogP contribution is -2.46. The van der Waals surface area contributed by atoms with Crippen LogP contribution < -0.4 is 5.32 Å². The van der Waals surface area contributed by atoms with E-state index in [1.807, 2.05) is 42.7 Å². The molecule has 284 valence electrons. The van der Waals surface area contributed by atoms with Crippen LogP contribution in [0.1, 0.15) is 62.9 Å². The van der Waals surface area contributed by atoms with Gasteiger partial charge >= 0.3 is 0 Å². The first-order chi connectivity index (χ1) is 27.3. The van der Waals surface area contributed by atoms with Crippen molar-refractivity contribution >= 4 is 17.3 Å². The molecule has 8 rings (SSSR count). The molecule has 2 aromatic carbocycles. The molecule has 8 nitrogen and oxygen atoms in total. The number of nitrogens with zero attached hydrogens (tertiary/aromatic N) is 4. The Kier molecular flexibility index (Phi) is 11.0. The summed E-state index contributed by atoms with van der Waals surface area (Å²) in [4.78, 5) is 40.9. The van der Waals surface area contributed by atoms with Gasteiger partial charge in [0.2, 0.25) is 0 Å². The highest BCUT2D eigenvalue weighted by atomic mass is 16.3. The quantitative estimate of drug-likeness (QED) is 0.204. The third kappa shape index (κ3) is 8.42. The average molecular weight is 744 g/mol. The number of aliphatic imine (C=N–C) groups is 1. The van der Waals surface area contributed by atoms with Crippen LogP contribution in [0.25, 0.3) is 0 Å². The van der Waals surface area contributed by atoms with E-state index in [4.69, 9.17) is 4.99 Å². The first-order valence-electron chi connectivity index (χ1n) is 19.7. The van der Waals surface area contributed by atoms with Gasteiger partial charge in [0.05, 0.1) is 5.69 Å². The molecule has 5 aliphatic rings. The molecule has 1 saturated heterocycles. The van der Waals surface area contributed by atoms with Crippen LogP contribution in [0.4, 0.5) is 0 Å². The largest absolute Gasteiger partial charge is 0.507 e. The number of hydrogen-bond donors (Lipinski definition) is 2. The Morgan fingerprint density at radius 2 is 1.80 bits per heavy atom. The molecule has 4 heterocycles. The number of Topliss-reactive ketones (excluding diaryl/α,β-unsaturated/α-hetero) is 2. The first kappa shape index (κ1) is 37.2. The molecule has 1 fully saturated rings. The number of carbonyl (C=O) groups excluding carboxylic acids is 2. The molecule has 0 radical (unpaired) electrons. The average Bonchev–Trinajstić information content (AvgIpc) is 3.42. The molecule has 8 heteroatoms. The van der Waals surface area contributed by atoms with Crippen molar-refractivity contribution in [3.63, 3.8) is 0 Å². The second-order valence-electron chi connectivity index (χ2n) is 15.8. The maximum atomic E-state index is 13.6. The standard InChI is InChI=1S/C48H49N5O3/c1-48-20-8-4-13-39(48)26-35-12-5-9-23-51-44(35)32-53(33-48)29-38-25-34(18-19-36-27-45(54)42-16-2-3-17-43(42)47(36)56)24-37(46(38)55)28-52(30-40-14-6-10-21-49-40)31-41-15-7-11-22-50-41/h2-17,19-21,23-25,35,39,50,55H,18,22,26-33H2,1H3/b36-19-. The third-order valence-corrected chi connectivity index (χ3v) is 11.6. The van der Waals surface area contributed by atoms with Crippen LogP contribution in [-0.4, -0.2) is 63.3 Å². The maximum absolute atomic E-state index is 13.6. The van der Waals surface area contributed by atoms with Crippen LogP contribution in [0.15, 0.2) is 150 Å². The highest BCUT2D eigenvalue weighted by molar-refractivity contribution is 6.22. The van der Waals surface area contributed by atoms with Gasteiger partial charge in [-0.2, -0.15) is 0 Å². The minimum atomic E-state index is -0.0943. The van der Waals surface area contributed by atoms with E-state index in [0.29, 0.717) is 61.8 Å². The fourth-order valence-electron chi connectivity index (χ4n) is 8.72. The van der Waals surface area contributed by atoms with Gasteiger partial charge in [-0.3, -0.25) is 29.4 Å². The molecule has 3 aromatic rings. The van der Waals surface area contributed by atoms with Crippen molar-refractivity contribution in [2.24, 2.45) is 22.2 Å². The number of carbonyl (C=O) groups is 2. The summed E-state index contributed by atoms with van der Waals surface area (Å²) >= 11 is 0. The van der Waals surface area contributed by atoms with Gasteiger partial charge in [0, 0.05) is 115 Å². The number of hydrogen-bond acceptors (Lipinski definition) is 8. The van der Waals surface area contributed by atoms with Crippen molar-refractivity contribution in [3.8, 4) is 5.75 Å². The van der Waals surface area contributed by atoms with Crippen molar-refractivity contribution in [1.29, 1.82) is 0 Å². The van der Waals surface area contributed by atoms with Gasteiger partial charge in [-0.25, -0.2) is 0 Å². The van der Waals surface area contributed by atoms with E-state index in [1.54, 1.807) is 24.3 Å². The van der Waals surface area contributed by atoms with Gasteiger partial charge in [-0.1, -0.05) is 104 Å². The van der Waals surface area contributed by atoms with Gasteiger partial charge in [-0.05, 0) is 48.6 Å². The number of nitrogens with one attached hydrogen (secondary N) is 1. The number of pyridine rings is 1. The summed E-state index contributed by atoms with van der Waals surface area (Å²) in [5.74, 6) is 0.702. The number of rotatable bonds is 10. The molecular weight excluding hydrogens is 695 g/mol. The highest BCUT2D eigenvalue weighted by Crippen LogP contribution is 2.41. The van der Waals surface area contributed by atoms with E-state index in [-0.39, 0.29) is 35.1 Å². The van der Waals surface area contributed by atoms with Gasteiger partial charge < -0.3 is 10.4 Å². The summed E-state index contributed by atoms with van der Waals surface area (Å²) in [7, 11) is 0. The minimum Gasteiger partial charge on any atom is -0.507 e. The summed E-state index contributed by atoms with van der Waals surface area (Å²) in [6, 6.07) is 17.2. The molecule has 2 N–H and O–H groups in total. The van der Waals surface area contributed by atoms with Crippen LogP contribution in [0.2, 0.25) is 0 Å². The zero-order valence-electron chi connectivity index (χ0n) is 32.0. The van der Waals surface area contributed by atoms with Crippen LogP contribution in [0.5, 0.6) is 5.75 Å². The predicted octanol–water partition coefficient (Wildman–Crippen LogP) is 7.87. The number of fused-ring (bicyclic) bond motifs is 3. The maximum Gasteiger partial charge on any atom is 0.189 e. The van der Waals surface area contributed by atoms with Crippen molar-refractivity contribution in [2.45, 2.75) is 45.8 Å². The minimum absolute atomic E-state index is 0.0379. The topological polar surface area (TPSA) is 98.1 Å². The van der Waals surface area contributed by atoms with Crippen LogP contribution >= 0.6 is 0 Å². The zero-order chi connectivity index (χ0) is 38.5. The molecule has 3 unspecified atom stereocenters. The van der Waals surface area contributed by atoms with Gasteiger partial charge in [0.25, 0.3) is 0 Å². The Balaban J connectivity index is 1.15. The van der Waals surface area contributed by atoms with E-state index in [9.17, 15) is 14.7 Å². The summed E-state index contributed by atoms with van der Waals surface area (Å²) in [6.45, 7) is 6.83. The highest BCUT2D eigenvalue weighted by Gasteiger charge is 2.38. The summed E-state index contributed by atoms with van der Waals surface area (Å²) < 4.78 is 0. The van der Waals surface area contributed by atoms with Crippen LogP contribution in [0.3, 0.4) is 0 Å². The molecule has 2 aliphatic carbocycles. The Morgan fingerprint density at radius 3 is 2.64 bits per heavy atom. The molecule has 56 heavy (non-hydrogen) atoms. The zero-order valence-corrected chi connectivity index (χ0v) is 32.0.